The fourth-order valence-electron chi connectivity index (χ4n) is 13.6. The van der Waals surface area contributed by atoms with Gasteiger partial charge in [-0.2, -0.15) is 0 Å². The minimum atomic E-state index is 0.132. The van der Waals surface area contributed by atoms with Gasteiger partial charge in [0, 0.05) is 85.7 Å². The molecule has 0 radical (unpaired) electrons. The normalized spacial score (nSPS) is 12.8. The van der Waals surface area contributed by atoms with Crippen LogP contribution in [-0.4, -0.2) is 74.4 Å². The van der Waals surface area contributed by atoms with Crippen molar-refractivity contribution in [2.45, 2.75) is 130 Å². The SMILES string of the molecule is CC.CC.CC.CC.CC.Cc1ccccc1N1CN(C)c2ccccc21.Cc1ccccc1N1CN(C)c2ncccc21.Cc1ccccc1N1CN(C)c2nccnc21.Cc1ccccc1N1CN(c2ccccc2)c2ccc(C(C)(C)C)cc21.Cc1ccccc1N1CN(c2ccccc2)c2cccnc21. The molecule has 568 valence electrons. The Morgan fingerprint density at radius 1 is 0.229 bits per heavy atom. The lowest BCUT2D eigenvalue weighted by Gasteiger charge is -2.24. The van der Waals surface area contributed by atoms with Crippen molar-refractivity contribution in [2.24, 2.45) is 0 Å². The number of pyridine rings is 2. The molecule has 0 atom stereocenters. The molecule has 109 heavy (non-hydrogen) atoms. The molecule has 12 aromatic rings. The number of para-hydroxylation sites is 9. The van der Waals surface area contributed by atoms with Crippen LogP contribution in [0.4, 0.5) is 97.2 Å². The lowest BCUT2D eigenvalue weighted by molar-refractivity contribution is 0.590. The van der Waals surface area contributed by atoms with E-state index in [2.05, 4.69) is 369 Å². The molecule has 0 N–H and O–H groups in total. The zero-order valence-corrected chi connectivity index (χ0v) is 68.8. The number of fused-ring (bicyclic) bond motifs is 5. The minimum absolute atomic E-state index is 0.132. The van der Waals surface area contributed by atoms with Gasteiger partial charge in [-0.05, 0) is 177 Å². The van der Waals surface area contributed by atoms with Crippen LogP contribution in [-0.2, 0) is 5.41 Å². The van der Waals surface area contributed by atoms with Crippen LogP contribution in [0.5, 0.6) is 0 Å². The van der Waals surface area contributed by atoms with Crippen LogP contribution in [0.3, 0.4) is 0 Å². The maximum absolute atomic E-state index is 4.62. The molecule has 3 aromatic heterocycles. The maximum atomic E-state index is 4.62. The summed E-state index contributed by atoms with van der Waals surface area (Å²) >= 11 is 0. The molecule has 8 heterocycles. The monoisotopic (exact) mass is 1450 g/mol. The number of hydrogen-bond acceptors (Lipinski definition) is 14. The largest absolute Gasteiger partial charge is 0.355 e. The van der Waals surface area contributed by atoms with Gasteiger partial charge in [0.05, 0.1) is 54.1 Å². The summed E-state index contributed by atoms with van der Waals surface area (Å²) in [5.41, 5.74) is 24.0. The smallest absolute Gasteiger partial charge is 0.178 e. The van der Waals surface area contributed by atoms with E-state index < -0.39 is 0 Å². The first-order chi connectivity index (χ1) is 53.1. The van der Waals surface area contributed by atoms with E-state index in [1.165, 1.54) is 102 Å². The third kappa shape index (κ3) is 19.4. The summed E-state index contributed by atoms with van der Waals surface area (Å²) < 4.78 is 0. The average Bonchev–Trinajstić information content (AvgIpc) is 1.64. The number of hydrogen-bond donors (Lipinski definition) is 0. The van der Waals surface area contributed by atoms with Crippen molar-refractivity contribution in [3.8, 4) is 0 Å². The Morgan fingerprint density at radius 3 is 0.972 bits per heavy atom. The molecule has 5 aliphatic heterocycles. The number of rotatable bonds is 7. The molecular formula is C95H118N14. The average molecular weight is 1460 g/mol. The molecule has 9 aromatic carbocycles. The summed E-state index contributed by atoms with van der Waals surface area (Å²) in [5, 5.41) is 0. The van der Waals surface area contributed by atoms with E-state index in [4.69, 9.17) is 0 Å². The van der Waals surface area contributed by atoms with Gasteiger partial charge in [-0.15, -0.1) is 0 Å². The van der Waals surface area contributed by atoms with Crippen molar-refractivity contribution in [1.82, 2.24) is 19.9 Å². The maximum Gasteiger partial charge on any atom is 0.178 e. The van der Waals surface area contributed by atoms with Gasteiger partial charge >= 0.3 is 0 Å². The van der Waals surface area contributed by atoms with Crippen molar-refractivity contribution in [3.05, 3.63) is 307 Å². The molecule has 17 rings (SSSR count). The van der Waals surface area contributed by atoms with Gasteiger partial charge in [-0.1, -0.05) is 236 Å². The van der Waals surface area contributed by atoms with Crippen molar-refractivity contribution >= 4 is 97.2 Å². The fourth-order valence-corrected chi connectivity index (χ4v) is 13.6. The van der Waals surface area contributed by atoms with E-state index in [1.807, 2.05) is 107 Å². The number of benzene rings is 9. The van der Waals surface area contributed by atoms with Crippen LogP contribution in [0.1, 0.15) is 123 Å². The van der Waals surface area contributed by atoms with Gasteiger partial charge in [0.2, 0.25) is 0 Å². The summed E-state index contributed by atoms with van der Waals surface area (Å²) in [5.74, 6) is 3.94. The van der Waals surface area contributed by atoms with Crippen LogP contribution in [0.25, 0.3) is 0 Å². The van der Waals surface area contributed by atoms with Gasteiger partial charge in [-0.25, -0.2) is 19.9 Å². The standard InChI is InChI=1S/C24H26N2.C19H17N3.C15H16N2.C14H15N3.C13H14N4.5C2H6/c1-18-10-8-9-13-21(18)26-17-25(20-11-6-5-7-12-20)22-15-14-19(16-23(22)26)24(2,3)4;1-15-8-5-6-11-17(15)22-14-21(16-9-3-2-4-10-16)18-12-7-13-20-19(18)22;1-12-7-3-4-8-13(12)17-11-16(2)14-9-5-6-10-15(14)17;1-11-6-3-4-7-12(11)17-10-16(2)14-13(17)8-5-9-15-14;1-10-5-3-4-6-11(10)17-9-16(2)12-13(17)15-8-7-14-12;5*1-2/h5-16H,17H2,1-4H3;2-13H,14H2,1H3;3-10H,11H2,1-2H3;3-9H,10H2,1-2H3;3-8H,9H2,1-2H3;5*1-2H3. The van der Waals surface area contributed by atoms with Crippen molar-refractivity contribution in [1.29, 1.82) is 0 Å². The number of aryl methyl sites for hydroxylation is 5. The Kier molecular flexibility index (Phi) is 30.7. The molecule has 0 spiro atoms. The van der Waals surface area contributed by atoms with Gasteiger partial charge in [0.1, 0.15) is 13.3 Å². The van der Waals surface area contributed by atoms with Crippen LogP contribution in [0.2, 0.25) is 0 Å². The van der Waals surface area contributed by atoms with Crippen LogP contribution in [0.15, 0.2) is 274 Å². The summed E-state index contributed by atoms with van der Waals surface area (Å²) in [6, 6.07) is 87.2. The van der Waals surface area contributed by atoms with Crippen molar-refractivity contribution in [3.63, 3.8) is 0 Å². The fraction of sp³-hybridized carbons (Fsp3) is 0.284. The summed E-state index contributed by atoms with van der Waals surface area (Å²) in [7, 11) is 6.24. The quantitative estimate of drug-likeness (QED) is 0.152. The molecule has 0 saturated carbocycles. The second kappa shape index (κ2) is 40.4. The lowest BCUT2D eigenvalue weighted by atomic mass is 9.86. The molecule has 14 nitrogen and oxygen atoms in total. The first-order valence-electron chi connectivity index (χ1n) is 39.0. The van der Waals surface area contributed by atoms with E-state index in [0.717, 1.165) is 62.3 Å². The van der Waals surface area contributed by atoms with Crippen molar-refractivity contribution < 1.29 is 0 Å². The summed E-state index contributed by atoms with van der Waals surface area (Å²) in [6.07, 6.45) is 7.18. The predicted molar refractivity (Wildman–Crippen MR) is 472 cm³/mol. The molecule has 5 aliphatic rings. The lowest BCUT2D eigenvalue weighted by Crippen LogP contribution is -2.24. The first-order valence-corrected chi connectivity index (χ1v) is 39.0. The number of anilines is 17. The van der Waals surface area contributed by atoms with Gasteiger partial charge in [0.25, 0.3) is 0 Å². The zero-order chi connectivity index (χ0) is 78.7. The highest BCUT2D eigenvalue weighted by molar-refractivity contribution is 5.89. The number of aromatic nitrogens is 4. The van der Waals surface area contributed by atoms with E-state index >= 15 is 0 Å². The van der Waals surface area contributed by atoms with Crippen molar-refractivity contribution in [2.75, 3.05) is 103 Å². The molecule has 0 amide bonds. The van der Waals surface area contributed by atoms with E-state index in [-0.39, 0.29) is 5.41 Å². The Labute approximate surface area is 653 Å². The second-order valence-corrected chi connectivity index (χ2v) is 26.7. The zero-order valence-electron chi connectivity index (χ0n) is 68.8. The molecular weight excluding hydrogens is 1340 g/mol. The molecule has 0 unspecified atom stereocenters. The highest BCUT2D eigenvalue weighted by atomic mass is 15.4. The summed E-state index contributed by atoms with van der Waals surface area (Å²) in [4.78, 5) is 40.7. The molecule has 0 aliphatic carbocycles. The Morgan fingerprint density at radius 2 is 0.523 bits per heavy atom. The summed E-state index contributed by atoms with van der Waals surface area (Å²) in [6.45, 7) is 41.8. The third-order valence-electron chi connectivity index (χ3n) is 18.8. The van der Waals surface area contributed by atoms with Gasteiger partial charge < -0.3 is 49.0 Å². The Bertz CT molecular complexity index is 4510. The molecule has 0 fully saturated rings. The molecule has 14 heteroatoms. The van der Waals surface area contributed by atoms with E-state index in [9.17, 15) is 0 Å². The first kappa shape index (κ1) is 83.0. The van der Waals surface area contributed by atoms with Gasteiger partial charge in [0.15, 0.2) is 23.3 Å². The second-order valence-electron chi connectivity index (χ2n) is 26.7. The van der Waals surface area contributed by atoms with Crippen LogP contribution in [0, 0.1) is 34.6 Å². The van der Waals surface area contributed by atoms with E-state index in [0.29, 0.717) is 0 Å². The Balaban J connectivity index is 0.000000168. The topological polar surface area (TPSA) is 84.0 Å². The van der Waals surface area contributed by atoms with E-state index in [1.54, 1.807) is 12.4 Å². The third-order valence-corrected chi connectivity index (χ3v) is 18.8. The van der Waals surface area contributed by atoms with Gasteiger partial charge in [-0.3, -0.25) is 0 Å². The molecule has 0 bridgehead atoms. The van der Waals surface area contributed by atoms with Crippen LogP contribution < -0.4 is 49.0 Å². The Hall–Kier alpha value is -11.6. The minimum Gasteiger partial charge on any atom is -0.355 e. The highest BCUT2D eigenvalue weighted by Gasteiger charge is 2.33. The molecule has 0 saturated heterocycles. The predicted octanol–water partition coefficient (Wildman–Crippen LogP) is 25.1. The number of nitrogens with zero attached hydrogens (tertiary/aromatic N) is 14. The van der Waals surface area contributed by atoms with Crippen LogP contribution >= 0.6 is 0 Å². The highest BCUT2D eigenvalue weighted by Crippen LogP contribution is 2.48.